The molecule has 0 fully saturated rings. The molecular weight excluding hydrogens is 368 g/mol. The van der Waals surface area contributed by atoms with Gasteiger partial charge in [-0.05, 0) is 30.3 Å². The summed E-state index contributed by atoms with van der Waals surface area (Å²) in [5.74, 6) is 1.33. The first-order valence-corrected chi connectivity index (χ1v) is 9.14. The molecule has 0 unspecified atom stereocenters. The number of thiazole rings is 1. The molecule has 122 valence electrons. The predicted octanol–water partition coefficient (Wildman–Crippen LogP) is 4.43. The molecule has 1 amide bonds. The Morgan fingerprint density at radius 3 is 2.96 bits per heavy atom. The third-order valence-electron chi connectivity index (χ3n) is 3.38. The van der Waals surface area contributed by atoms with Crippen LogP contribution in [0.1, 0.15) is 4.88 Å². The van der Waals surface area contributed by atoms with Crippen molar-refractivity contribution in [2.45, 2.75) is 6.42 Å². The lowest BCUT2D eigenvalue weighted by molar-refractivity contribution is -0.115. The van der Waals surface area contributed by atoms with Gasteiger partial charge in [0.25, 0.3) is 0 Å². The molecule has 0 bridgehead atoms. The molecule has 3 heterocycles. The summed E-state index contributed by atoms with van der Waals surface area (Å²) in [6, 6.07) is 9.30. The van der Waals surface area contributed by atoms with E-state index in [-0.39, 0.29) is 19.1 Å². The minimum atomic E-state index is -0.111. The topological polar surface area (TPSA) is 60.5 Å². The van der Waals surface area contributed by atoms with E-state index < -0.39 is 0 Å². The second-order valence-electron chi connectivity index (χ2n) is 5.04. The monoisotopic (exact) mass is 378 g/mol. The van der Waals surface area contributed by atoms with Crippen molar-refractivity contribution in [2.24, 2.45) is 0 Å². The standard InChI is InChI=1S/C16H11ClN2O3S2/c17-14-4-2-10(24-14)6-15(20)19-16-18-11(7-23-16)9-1-3-12-13(5-9)22-8-21-12/h1-5,7H,6,8H2,(H,18,19,20). The molecule has 0 atom stereocenters. The average Bonchev–Trinajstić information content (AvgIpc) is 3.27. The van der Waals surface area contributed by atoms with Crippen LogP contribution in [-0.4, -0.2) is 17.7 Å². The molecule has 4 rings (SSSR count). The summed E-state index contributed by atoms with van der Waals surface area (Å²) >= 11 is 8.66. The first-order chi connectivity index (χ1) is 11.7. The van der Waals surface area contributed by atoms with Crippen LogP contribution in [0.5, 0.6) is 11.5 Å². The second kappa shape index (κ2) is 6.43. The molecule has 1 aliphatic heterocycles. The molecule has 0 saturated heterocycles. The van der Waals surface area contributed by atoms with Crippen molar-refractivity contribution in [3.63, 3.8) is 0 Å². The first-order valence-electron chi connectivity index (χ1n) is 7.07. The lowest BCUT2D eigenvalue weighted by Gasteiger charge is -2.01. The van der Waals surface area contributed by atoms with E-state index in [4.69, 9.17) is 21.1 Å². The fourth-order valence-corrected chi connectivity index (χ4v) is 4.11. The van der Waals surface area contributed by atoms with Gasteiger partial charge in [0, 0.05) is 15.8 Å². The van der Waals surface area contributed by atoms with Crippen LogP contribution < -0.4 is 14.8 Å². The van der Waals surface area contributed by atoms with Gasteiger partial charge in [0.1, 0.15) is 0 Å². The van der Waals surface area contributed by atoms with Crippen molar-refractivity contribution in [1.29, 1.82) is 0 Å². The number of benzene rings is 1. The number of halogens is 1. The van der Waals surface area contributed by atoms with E-state index in [1.54, 1.807) is 6.07 Å². The smallest absolute Gasteiger partial charge is 0.231 e. The Morgan fingerprint density at radius 1 is 1.25 bits per heavy atom. The van der Waals surface area contributed by atoms with Gasteiger partial charge in [0.15, 0.2) is 16.6 Å². The summed E-state index contributed by atoms with van der Waals surface area (Å²) < 4.78 is 11.4. The highest BCUT2D eigenvalue weighted by molar-refractivity contribution is 7.16. The summed E-state index contributed by atoms with van der Waals surface area (Å²) in [6.45, 7) is 0.240. The van der Waals surface area contributed by atoms with Gasteiger partial charge in [-0.25, -0.2) is 4.98 Å². The lowest BCUT2D eigenvalue weighted by Crippen LogP contribution is -2.13. The number of ether oxygens (including phenoxy) is 2. The van der Waals surface area contributed by atoms with E-state index in [9.17, 15) is 4.79 Å². The SMILES string of the molecule is O=C(Cc1ccc(Cl)s1)Nc1nc(-c2ccc3c(c2)OCO3)cs1. The van der Waals surface area contributed by atoms with Crippen molar-refractivity contribution in [3.8, 4) is 22.8 Å². The van der Waals surface area contributed by atoms with Crippen molar-refractivity contribution in [3.05, 3.63) is 44.9 Å². The first kappa shape index (κ1) is 15.4. The van der Waals surface area contributed by atoms with Crippen LogP contribution in [0.4, 0.5) is 5.13 Å². The Bertz CT molecular complexity index is 906. The number of rotatable bonds is 4. The molecule has 24 heavy (non-hydrogen) atoms. The number of carbonyl (C=O) groups excluding carboxylic acids is 1. The Balaban J connectivity index is 1.45. The summed E-state index contributed by atoms with van der Waals surface area (Å²) in [7, 11) is 0. The number of thiophene rings is 1. The van der Waals surface area contributed by atoms with Crippen LogP contribution in [0, 0.1) is 0 Å². The van der Waals surface area contributed by atoms with E-state index in [0.29, 0.717) is 15.2 Å². The Hall–Kier alpha value is -2.09. The van der Waals surface area contributed by atoms with Gasteiger partial charge >= 0.3 is 0 Å². The molecule has 1 N–H and O–H groups in total. The number of hydrogen-bond acceptors (Lipinski definition) is 6. The fraction of sp³-hybridized carbons (Fsp3) is 0.125. The van der Waals surface area contributed by atoms with E-state index >= 15 is 0 Å². The third kappa shape index (κ3) is 3.24. The molecular formula is C16H11ClN2O3S2. The van der Waals surface area contributed by atoms with Crippen LogP contribution in [-0.2, 0) is 11.2 Å². The Kier molecular flexibility index (Phi) is 4.13. The van der Waals surface area contributed by atoms with E-state index in [2.05, 4.69) is 10.3 Å². The zero-order chi connectivity index (χ0) is 16.5. The molecule has 8 heteroatoms. The Morgan fingerprint density at radius 2 is 2.12 bits per heavy atom. The maximum Gasteiger partial charge on any atom is 0.231 e. The van der Waals surface area contributed by atoms with E-state index in [0.717, 1.165) is 21.9 Å². The highest BCUT2D eigenvalue weighted by Crippen LogP contribution is 2.36. The number of amides is 1. The Labute approximate surface area is 150 Å². The van der Waals surface area contributed by atoms with E-state index in [1.165, 1.54) is 22.7 Å². The fourth-order valence-electron chi connectivity index (χ4n) is 2.29. The molecule has 1 aliphatic rings. The van der Waals surface area contributed by atoms with Crippen LogP contribution >= 0.6 is 34.3 Å². The maximum atomic E-state index is 12.1. The molecule has 3 aromatic rings. The molecule has 1 aromatic carbocycles. The van der Waals surface area contributed by atoms with Crippen molar-refractivity contribution >= 4 is 45.3 Å². The summed E-state index contributed by atoms with van der Waals surface area (Å²) in [5.41, 5.74) is 1.70. The zero-order valence-electron chi connectivity index (χ0n) is 12.2. The van der Waals surface area contributed by atoms with E-state index in [1.807, 2.05) is 29.6 Å². The number of carbonyl (C=O) groups is 1. The highest BCUT2D eigenvalue weighted by atomic mass is 35.5. The molecule has 2 aromatic heterocycles. The number of aromatic nitrogens is 1. The van der Waals surface area contributed by atoms with Crippen LogP contribution in [0.2, 0.25) is 4.34 Å². The number of nitrogens with one attached hydrogen (secondary N) is 1. The molecule has 5 nitrogen and oxygen atoms in total. The minimum Gasteiger partial charge on any atom is -0.454 e. The molecule has 0 saturated carbocycles. The van der Waals surface area contributed by atoms with Gasteiger partial charge in [-0.2, -0.15) is 0 Å². The normalized spacial score (nSPS) is 12.4. The van der Waals surface area contributed by atoms with Crippen LogP contribution in [0.15, 0.2) is 35.7 Å². The van der Waals surface area contributed by atoms with Crippen molar-refractivity contribution in [1.82, 2.24) is 4.98 Å². The molecule has 0 radical (unpaired) electrons. The second-order valence-corrected chi connectivity index (χ2v) is 7.69. The van der Waals surface area contributed by atoms with Crippen molar-refractivity contribution < 1.29 is 14.3 Å². The van der Waals surface area contributed by atoms with Gasteiger partial charge in [-0.1, -0.05) is 11.6 Å². The largest absolute Gasteiger partial charge is 0.454 e. The quantitative estimate of drug-likeness (QED) is 0.729. The summed E-state index contributed by atoms with van der Waals surface area (Å²) in [6.07, 6.45) is 0.288. The predicted molar refractivity (Wildman–Crippen MR) is 95.3 cm³/mol. The van der Waals surface area contributed by atoms with Crippen LogP contribution in [0.3, 0.4) is 0 Å². The number of hydrogen-bond donors (Lipinski definition) is 1. The average molecular weight is 379 g/mol. The van der Waals surface area contributed by atoms with Gasteiger partial charge in [-0.3, -0.25) is 4.79 Å². The highest BCUT2D eigenvalue weighted by Gasteiger charge is 2.15. The lowest BCUT2D eigenvalue weighted by atomic mass is 10.1. The number of fused-ring (bicyclic) bond motifs is 1. The van der Waals surface area contributed by atoms with Crippen molar-refractivity contribution in [2.75, 3.05) is 12.1 Å². The number of anilines is 1. The van der Waals surface area contributed by atoms with Crippen LogP contribution in [0.25, 0.3) is 11.3 Å². The summed E-state index contributed by atoms with van der Waals surface area (Å²) in [4.78, 5) is 17.5. The minimum absolute atomic E-state index is 0.111. The van der Waals surface area contributed by atoms with Gasteiger partial charge < -0.3 is 14.8 Å². The molecule has 0 spiro atoms. The van der Waals surface area contributed by atoms with Gasteiger partial charge in [0.2, 0.25) is 12.7 Å². The van der Waals surface area contributed by atoms with Gasteiger partial charge in [0.05, 0.1) is 16.5 Å². The third-order valence-corrected chi connectivity index (χ3v) is 5.37. The summed E-state index contributed by atoms with van der Waals surface area (Å²) in [5, 5.41) is 5.28. The zero-order valence-corrected chi connectivity index (χ0v) is 14.6. The number of nitrogens with zero attached hydrogens (tertiary/aromatic N) is 1. The van der Waals surface area contributed by atoms with Gasteiger partial charge in [-0.15, -0.1) is 22.7 Å². The maximum absolute atomic E-state index is 12.1. The molecule has 0 aliphatic carbocycles.